The van der Waals surface area contributed by atoms with E-state index in [2.05, 4.69) is 19.3 Å². The number of ether oxygens (including phenoxy) is 1. The van der Waals surface area contributed by atoms with Gasteiger partial charge in [0.2, 0.25) is 0 Å². The van der Waals surface area contributed by atoms with Gasteiger partial charge in [-0.1, -0.05) is 13.8 Å². The zero-order chi connectivity index (χ0) is 7.61. The molecule has 3 heteroatoms. The highest BCUT2D eigenvalue weighted by atomic mass is 16.5. The smallest absolute Gasteiger partial charge is 0.0789 e. The summed E-state index contributed by atoms with van der Waals surface area (Å²) in [6.45, 7) is 5.91. The van der Waals surface area contributed by atoms with Gasteiger partial charge in [0.15, 0.2) is 0 Å². The summed E-state index contributed by atoms with van der Waals surface area (Å²) < 4.78 is 5.09. The molecule has 1 saturated heterocycles. The molecule has 0 aliphatic carbocycles. The molecular weight excluding hydrogens is 128 g/mol. The number of hydrazine groups is 1. The van der Waals surface area contributed by atoms with Gasteiger partial charge in [-0.15, -0.1) is 0 Å². The average molecular weight is 144 g/mol. The van der Waals surface area contributed by atoms with Crippen molar-refractivity contribution < 1.29 is 4.74 Å². The van der Waals surface area contributed by atoms with E-state index in [0.29, 0.717) is 5.92 Å². The molecule has 1 heterocycles. The van der Waals surface area contributed by atoms with Crippen LogP contribution in [-0.4, -0.2) is 18.8 Å². The minimum absolute atomic E-state index is 0.0914. The van der Waals surface area contributed by atoms with Crippen LogP contribution < -0.4 is 11.3 Å². The Morgan fingerprint density at radius 1 is 1.60 bits per heavy atom. The standard InChI is InChI=1S/C7H16N2O/c1-6(2)3-7(9-8)4-10-5-7/h6,9H,3-5,8H2,1-2H3. The molecular formula is C7H16N2O. The van der Waals surface area contributed by atoms with E-state index < -0.39 is 0 Å². The van der Waals surface area contributed by atoms with Crippen LogP contribution in [0.1, 0.15) is 20.3 Å². The van der Waals surface area contributed by atoms with Gasteiger partial charge in [0.05, 0.1) is 18.8 Å². The molecule has 0 spiro atoms. The van der Waals surface area contributed by atoms with E-state index in [1.807, 2.05) is 0 Å². The molecule has 3 N–H and O–H groups in total. The maximum atomic E-state index is 5.39. The fourth-order valence-electron chi connectivity index (χ4n) is 1.39. The van der Waals surface area contributed by atoms with Gasteiger partial charge in [0.25, 0.3) is 0 Å². The van der Waals surface area contributed by atoms with Crippen LogP contribution in [0.25, 0.3) is 0 Å². The highest BCUT2D eigenvalue weighted by Gasteiger charge is 2.37. The Hall–Kier alpha value is -0.120. The predicted molar refractivity (Wildman–Crippen MR) is 40.3 cm³/mol. The third-order valence-electron chi connectivity index (χ3n) is 1.86. The average Bonchev–Trinajstić information content (AvgIpc) is 1.78. The van der Waals surface area contributed by atoms with E-state index in [1.165, 1.54) is 0 Å². The van der Waals surface area contributed by atoms with Crippen LogP contribution in [0.3, 0.4) is 0 Å². The van der Waals surface area contributed by atoms with Gasteiger partial charge in [-0.25, -0.2) is 5.43 Å². The number of nitrogens with two attached hydrogens (primary N) is 1. The first-order valence-electron chi connectivity index (χ1n) is 3.74. The number of hydrogen-bond acceptors (Lipinski definition) is 3. The van der Waals surface area contributed by atoms with Crippen molar-refractivity contribution in [1.82, 2.24) is 5.43 Å². The highest BCUT2D eigenvalue weighted by molar-refractivity contribution is 4.92. The van der Waals surface area contributed by atoms with Crippen molar-refractivity contribution in [2.75, 3.05) is 13.2 Å². The van der Waals surface area contributed by atoms with Crippen LogP contribution in [0.4, 0.5) is 0 Å². The van der Waals surface area contributed by atoms with Gasteiger partial charge in [-0.2, -0.15) is 0 Å². The quantitative estimate of drug-likeness (QED) is 0.441. The SMILES string of the molecule is CC(C)CC1(NN)COC1. The summed E-state index contributed by atoms with van der Waals surface area (Å²) in [6.07, 6.45) is 1.10. The van der Waals surface area contributed by atoms with E-state index in [0.717, 1.165) is 19.6 Å². The maximum absolute atomic E-state index is 5.39. The zero-order valence-electron chi connectivity index (χ0n) is 6.68. The Labute approximate surface area is 61.9 Å². The summed E-state index contributed by atoms with van der Waals surface area (Å²) in [5.41, 5.74) is 2.91. The van der Waals surface area contributed by atoms with Gasteiger partial charge in [0, 0.05) is 0 Å². The number of rotatable bonds is 3. The van der Waals surface area contributed by atoms with Gasteiger partial charge >= 0.3 is 0 Å². The van der Waals surface area contributed by atoms with Crippen molar-refractivity contribution in [2.24, 2.45) is 11.8 Å². The van der Waals surface area contributed by atoms with E-state index >= 15 is 0 Å². The molecule has 60 valence electrons. The summed E-state index contributed by atoms with van der Waals surface area (Å²) in [4.78, 5) is 0. The van der Waals surface area contributed by atoms with Gasteiger partial charge in [-0.3, -0.25) is 5.84 Å². The lowest BCUT2D eigenvalue weighted by molar-refractivity contribution is -0.0836. The summed E-state index contributed by atoms with van der Waals surface area (Å²) in [5.74, 6) is 6.07. The molecule has 0 atom stereocenters. The molecule has 0 unspecified atom stereocenters. The van der Waals surface area contributed by atoms with Crippen LogP contribution in [0.15, 0.2) is 0 Å². The molecule has 0 amide bonds. The summed E-state index contributed by atoms with van der Waals surface area (Å²) >= 11 is 0. The molecule has 0 saturated carbocycles. The van der Waals surface area contributed by atoms with Gasteiger partial charge in [-0.05, 0) is 12.3 Å². The summed E-state index contributed by atoms with van der Waals surface area (Å²) in [7, 11) is 0. The fraction of sp³-hybridized carbons (Fsp3) is 1.00. The van der Waals surface area contributed by atoms with Crippen molar-refractivity contribution in [3.8, 4) is 0 Å². The molecule has 1 fully saturated rings. The second-order valence-corrected chi connectivity index (χ2v) is 3.52. The number of hydrogen-bond donors (Lipinski definition) is 2. The molecule has 1 aliphatic rings. The Morgan fingerprint density at radius 3 is 2.30 bits per heavy atom. The molecule has 1 rings (SSSR count). The van der Waals surface area contributed by atoms with E-state index in [1.54, 1.807) is 0 Å². The third-order valence-corrected chi connectivity index (χ3v) is 1.86. The lowest BCUT2D eigenvalue weighted by Gasteiger charge is -2.41. The topological polar surface area (TPSA) is 47.3 Å². The second-order valence-electron chi connectivity index (χ2n) is 3.52. The van der Waals surface area contributed by atoms with Crippen LogP contribution in [0.5, 0.6) is 0 Å². The molecule has 0 bridgehead atoms. The maximum Gasteiger partial charge on any atom is 0.0789 e. The summed E-state index contributed by atoms with van der Waals surface area (Å²) in [6, 6.07) is 0. The van der Waals surface area contributed by atoms with Gasteiger partial charge in [0.1, 0.15) is 0 Å². The molecule has 0 radical (unpaired) electrons. The van der Waals surface area contributed by atoms with Crippen molar-refractivity contribution >= 4 is 0 Å². The van der Waals surface area contributed by atoms with Crippen LogP contribution in [-0.2, 0) is 4.74 Å². The molecule has 3 nitrogen and oxygen atoms in total. The molecule has 0 aromatic rings. The van der Waals surface area contributed by atoms with E-state index in [4.69, 9.17) is 10.6 Å². The lowest BCUT2D eigenvalue weighted by Crippen LogP contribution is -2.63. The monoisotopic (exact) mass is 144 g/mol. The molecule has 0 aromatic carbocycles. The fourth-order valence-corrected chi connectivity index (χ4v) is 1.39. The predicted octanol–water partition coefficient (Wildman–Crippen LogP) is 0.265. The van der Waals surface area contributed by atoms with Crippen molar-refractivity contribution in [3.05, 3.63) is 0 Å². The number of nitrogens with one attached hydrogen (secondary N) is 1. The minimum Gasteiger partial charge on any atom is -0.377 e. The van der Waals surface area contributed by atoms with Crippen LogP contribution in [0.2, 0.25) is 0 Å². The second kappa shape index (κ2) is 2.86. The van der Waals surface area contributed by atoms with Crippen LogP contribution >= 0.6 is 0 Å². The Kier molecular flexibility index (Phi) is 2.28. The first-order valence-corrected chi connectivity index (χ1v) is 3.74. The first-order chi connectivity index (χ1) is 4.68. The molecule has 0 aromatic heterocycles. The first kappa shape index (κ1) is 7.98. The Balaban J connectivity index is 2.33. The zero-order valence-corrected chi connectivity index (χ0v) is 6.68. The Bertz CT molecular complexity index is 105. The van der Waals surface area contributed by atoms with E-state index in [-0.39, 0.29) is 5.54 Å². The highest BCUT2D eigenvalue weighted by Crippen LogP contribution is 2.23. The lowest BCUT2D eigenvalue weighted by atomic mass is 9.88. The Morgan fingerprint density at radius 2 is 2.20 bits per heavy atom. The molecule has 1 aliphatic heterocycles. The van der Waals surface area contributed by atoms with Gasteiger partial charge < -0.3 is 4.74 Å². The van der Waals surface area contributed by atoms with Crippen LogP contribution in [0, 0.1) is 5.92 Å². The van der Waals surface area contributed by atoms with Crippen molar-refractivity contribution in [2.45, 2.75) is 25.8 Å². The largest absolute Gasteiger partial charge is 0.377 e. The summed E-state index contributed by atoms with van der Waals surface area (Å²) in [5, 5.41) is 0. The van der Waals surface area contributed by atoms with Crippen molar-refractivity contribution in [3.63, 3.8) is 0 Å². The minimum atomic E-state index is 0.0914. The van der Waals surface area contributed by atoms with E-state index in [9.17, 15) is 0 Å². The van der Waals surface area contributed by atoms with Crippen molar-refractivity contribution in [1.29, 1.82) is 0 Å². The normalized spacial score (nSPS) is 22.8. The molecule has 10 heavy (non-hydrogen) atoms. The third kappa shape index (κ3) is 1.48.